The summed E-state index contributed by atoms with van der Waals surface area (Å²) in [4.78, 5) is 13.4. The molecule has 0 aliphatic heterocycles. The van der Waals surface area contributed by atoms with Gasteiger partial charge in [0, 0.05) is 0 Å². The number of rotatable bonds is 4. The molecule has 0 atom stereocenters. The lowest BCUT2D eigenvalue weighted by Gasteiger charge is -2.12. The predicted molar refractivity (Wildman–Crippen MR) is 27.5 cm³/mol. The van der Waals surface area contributed by atoms with E-state index >= 15 is 0 Å². The Morgan fingerprint density at radius 3 is 2.12 bits per heavy atom. The van der Waals surface area contributed by atoms with Crippen LogP contribution >= 0.6 is 0 Å². The second-order valence-corrected chi connectivity index (χ2v) is 1.07. The van der Waals surface area contributed by atoms with E-state index in [1.807, 2.05) is 6.92 Å². The zero-order valence-corrected chi connectivity index (χ0v) is 5.38. The normalized spacial score (nSPS) is 10.5. The van der Waals surface area contributed by atoms with Crippen LogP contribution in [-0.2, 0) is 14.7 Å². The third-order valence-corrected chi connectivity index (χ3v) is 0.620. The fourth-order valence-corrected chi connectivity index (χ4v) is 0.295. The minimum absolute atomic E-state index is 0.629. The standard InChI is InChI=1S/C4H11NO3/c1-4-5(6-2)8-7-3/h4H2,1-3H3. The van der Waals surface area contributed by atoms with Crippen molar-refractivity contribution in [3.05, 3.63) is 0 Å². The SMILES string of the molecule is CCN(OC)OOC. The first kappa shape index (κ1) is 7.84. The van der Waals surface area contributed by atoms with E-state index in [1.54, 1.807) is 0 Å². The maximum Gasteiger partial charge on any atom is 0.0733 e. The second-order valence-electron chi connectivity index (χ2n) is 1.07. The number of nitrogens with zero attached hydrogens (tertiary/aromatic N) is 1. The van der Waals surface area contributed by atoms with E-state index in [9.17, 15) is 0 Å². The van der Waals surface area contributed by atoms with Gasteiger partial charge in [0.2, 0.25) is 0 Å². The van der Waals surface area contributed by atoms with Crippen LogP contribution in [0.3, 0.4) is 0 Å². The highest BCUT2D eigenvalue weighted by atomic mass is 17.3. The molecule has 4 heteroatoms. The van der Waals surface area contributed by atoms with Gasteiger partial charge in [0.1, 0.15) is 0 Å². The largest absolute Gasteiger partial charge is 0.275 e. The summed E-state index contributed by atoms with van der Waals surface area (Å²) in [6.45, 7) is 2.51. The van der Waals surface area contributed by atoms with Crippen LogP contribution in [0, 0.1) is 0 Å². The summed E-state index contributed by atoms with van der Waals surface area (Å²) >= 11 is 0. The lowest BCUT2D eigenvalue weighted by atomic mass is 10.8. The van der Waals surface area contributed by atoms with Crippen LogP contribution in [0.25, 0.3) is 0 Å². The molecule has 0 fully saturated rings. The minimum atomic E-state index is 0.629. The monoisotopic (exact) mass is 121 g/mol. The van der Waals surface area contributed by atoms with Crippen LogP contribution in [0.4, 0.5) is 0 Å². The molecule has 0 aromatic carbocycles. The van der Waals surface area contributed by atoms with Gasteiger partial charge in [-0.3, -0.25) is 4.84 Å². The topological polar surface area (TPSA) is 30.9 Å². The van der Waals surface area contributed by atoms with Crippen LogP contribution in [0.2, 0.25) is 0 Å². The highest BCUT2D eigenvalue weighted by Crippen LogP contribution is 1.86. The van der Waals surface area contributed by atoms with Crippen LogP contribution in [0.1, 0.15) is 6.92 Å². The lowest BCUT2D eigenvalue weighted by Crippen LogP contribution is -2.21. The summed E-state index contributed by atoms with van der Waals surface area (Å²) < 4.78 is 0. The van der Waals surface area contributed by atoms with Crippen LogP contribution in [0.15, 0.2) is 0 Å². The summed E-state index contributed by atoms with van der Waals surface area (Å²) in [7, 11) is 2.92. The summed E-state index contributed by atoms with van der Waals surface area (Å²) in [5.41, 5.74) is 0. The Morgan fingerprint density at radius 2 is 2.00 bits per heavy atom. The van der Waals surface area contributed by atoms with Crippen molar-refractivity contribution in [3.8, 4) is 0 Å². The van der Waals surface area contributed by atoms with E-state index in [4.69, 9.17) is 0 Å². The molecule has 0 aromatic heterocycles. The fraction of sp³-hybridized carbons (Fsp3) is 1.00. The summed E-state index contributed by atoms with van der Waals surface area (Å²) in [6, 6.07) is 0. The van der Waals surface area contributed by atoms with Gasteiger partial charge in [-0.25, -0.2) is 4.89 Å². The molecular weight excluding hydrogens is 110 g/mol. The molecule has 0 amide bonds. The zero-order valence-electron chi connectivity index (χ0n) is 5.38. The summed E-state index contributed by atoms with van der Waals surface area (Å²) in [5, 5.41) is 1.21. The maximum absolute atomic E-state index is 4.63. The van der Waals surface area contributed by atoms with E-state index < -0.39 is 0 Å². The average Bonchev–Trinajstić information content (AvgIpc) is 1.83. The van der Waals surface area contributed by atoms with E-state index in [-0.39, 0.29) is 0 Å². The number of hydroxylamine groups is 2. The molecule has 0 N–H and O–H groups in total. The van der Waals surface area contributed by atoms with Crippen molar-refractivity contribution < 1.29 is 14.7 Å². The third-order valence-electron chi connectivity index (χ3n) is 0.620. The molecule has 0 radical (unpaired) electrons. The van der Waals surface area contributed by atoms with Crippen molar-refractivity contribution in [2.45, 2.75) is 6.92 Å². The van der Waals surface area contributed by atoms with Gasteiger partial charge in [-0.2, -0.15) is 0 Å². The van der Waals surface area contributed by atoms with Crippen molar-refractivity contribution in [1.29, 1.82) is 0 Å². The average molecular weight is 121 g/mol. The summed E-state index contributed by atoms with van der Waals surface area (Å²) in [5.74, 6) is 0. The highest BCUT2D eigenvalue weighted by Gasteiger charge is 1.96. The van der Waals surface area contributed by atoms with Gasteiger partial charge in [-0.15, -0.1) is 4.99 Å². The Morgan fingerprint density at radius 1 is 1.38 bits per heavy atom. The first-order valence-electron chi connectivity index (χ1n) is 2.37. The maximum atomic E-state index is 4.63. The van der Waals surface area contributed by atoms with Gasteiger partial charge in [0.05, 0.1) is 20.8 Å². The molecular formula is C4H11NO3. The van der Waals surface area contributed by atoms with Crippen molar-refractivity contribution in [1.82, 2.24) is 5.23 Å². The Hall–Kier alpha value is -0.160. The van der Waals surface area contributed by atoms with Crippen molar-refractivity contribution in [2.24, 2.45) is 0 Å². The van der Waals surface area contributed by atoms with E-state index in [0.29, 0.717) is 6.54 Å². The van der Waals surface area contributed by atoms with Gasteiger partial charge in [0.25, 0.3) is 0 Å². The lowest BCUT2D eigenvalue weighted by molar-refractivity contribution is -0.507. The van der Waals surface area contributed by atoms with Crippen LogP contribution < -0.4 is 0 Å². The molecule has 0 spiro atoms. The van der Waals surface area contributed by atoms with Crippen LogP contribution in [-0.4, -0.2) is 26.0 Å². The molecule has 50 valence electrons. The summed E-state index contributed by atoms with van der Waals surface area (Å²) in [6.07, 6.45) is 0. The van der Waals surface area contributed by atoms with Gasteiger partial charge >= 0.3 is 0 Å². The molecule has 0 saturated carbocycles. The predicted octanol–water partition coefficient (Wildman–Crippen LogP) is 0.363. The van der Waals surface area contributed by atoms with Crippen LogP contribution in [0.5, 0.6) is 0 Å². The minimum Gasteiger partial charge on any atom is -0.275 e. The molecule has 0 heterocycles. The van der Waals surface area contributed by atoms with E-state index in [0.717, 1.165) is 0 Å². The molecule has 0 bridgehead atoms. The van der Waals surface area contributed by atoms with Crippen molar-refractivity contribution in [3.63, 3.8) is 0 Å². The quantitative estimate of drug-likeness (QED) is 0.397. The molecule has 4 nitrogen and oxygen atoms in total. The highest BCUT2D eigenvalue weighted by molar-refractivity contribution is 4.09. The van der Waals surface area contributed by atoms with Gasteiger partial charge in [-0.1, -0.05) is 0 Å². The molecule has 0 rings (SSSR count). The number of hydrogen-bond acceptors (Lipinski definition) is 4. The molecule has 0 unspecified atom stereocenters. The molecule has 8 heavy (non-hydrogen) atoms. The van der Waals surface area contributed by atoms with Gasteiger partial charge in [-0.05, 0) is 12.2 Å². The fourth-order valence-electron chi connectivity index (χ4n) is 0.295. The number of hydrogen-bond donors (Lipinski definition) is 0. The molecule has 0 aliphatic rings. The zero-order chi connectivity index (χ0) is 6.41. The molecule has 0 aliphatic carbocycles. The van der Waals surface area contributed by atoms with Gasteiger partial charge < -0.3 is 0 Å². The molecule has 0 aromatic rings. The Labute approximate surface area is 48.8 Å². The first-order valence-corrected chi connectivity index (χ1v) is 2.37. The molecule has 0 saturated heterocycles. The second kappa shape index (κ2) is 4.99. The Bertz CT molecular complexity index is 46.5. The first-order chi connectivity index (χ1) is 3.85. The smallest absolute Gasteiger partial charge is 0.0733 e. The third kappa shape index (κ3) is 2.92. The van der Waals surface area contributed by atoms with Gasteiger partial charge in [0.15, 0.2) is 0 Å². The Balaban J connectivity index is 3.07. The van der Waals surface area contributed by atoms with E-state index in [2.05, 4.69) is 14.7 Å². The Kier molecular flexibility index (Phi) is 4.89. The van der Waals surface area contributed by atoms with E-state index in [1.165, 1.54) is 19.4 Å². The van der Waals surface area contributed by atoms with Crippen molar-refractivity contribution >= 4 is 0 Å². The van der Waals surface area contributed by atoms with Crippen molar-refractivity contribution in [2.75, 3.05) is 20.8 Å².